The zero-order valence-electron chi connectivity index (χ0n) is 11.8. The maximum absolute atomic E-state index is 6.69. The summed E-state index contributed by atoms with van der Waals surface area (Å²) in [6.45, 7) is 4.25. The van der Waals surface area contributed by atoms with E-state index in [4.69, 9.17) is 23.2 Å². The molecule has 20 heavy (non-hydrogen) atoms. The minimum absolute atomic E-state index is 0.333. The van der Waals surface area contributed by atoms with Crippen LogP contribution in [0.2, 0.25) is 10.2 Å². The molecular formula is C15H19Cl2N3. The number of nitrogens with zero attached hydrogens (tertiary/aromatic N) is 2. The van der Waals surface area contributed by atoms with Crippen molar-refractivity contribution in [2.24, 2.45) is 0 Å². The molecule has 3 rings (SSSR count). The van der Waals surface area contributed by atoms with Crippen LogP contribution in [-0.4, -0.2) is 15.2 Å². The molecule has 0 radical (unpaired) electrons. The molecule has 108 valence electrons. The Kier molecular flexibility index (Phi) is 3.91. The molecule has 0 saturated heterocycles. The van der Waals surface area contributed by atoms with Gasteiger partial charge in [-0.25, -0.2) is 4.98 Å². The molecule has 1 aliphatic carbocycles. The van der Waals surface area contributed by atoms with Gasteiger partial charge in [-0.15, -0.1) is 0 Å². The maximum Gasteiger partial charge on any atom is 0.184 e. The largest absolute Gasteiger partial charge is 0.279 e. The van der Waals surface area contributed by atoms with Crippen molar-refractivity contribution in [3.63, 3.8) is 0 Å². The number of halogens is 2. The van der Waals surface area contributed by atoms with Crippen LogP contribution in [0, 0.1) is 0 Å². The van der Waals surface area contributed by atoms with Crippen molar-refractivity contribution in [2.45, 2.75) is 57.8 Å². The van der Waals surface area contributed by atoms with Crippen LogP contribution in [0.3, 0.4) is 0 Å². The van der Waals surface area contributed by atoms with Crippen LogP contribution in [0.25, 0.3) is 11.0 Å². The van der Waals surface area contributed by atoms with Crippen LogP contribution < -0.4 is 0 Å². The molecule has 0 atom stereocenters. The smallest absolute Gasteiger partial charge is 0.184 e. The van der Waals surface area contributed by atoms with Gasteiger partial charge in [-0.1, -0.05) is 56.3 Å². The Bertz CT molecular complexity index is 628. The number of aromatic amines is 1. The van der Waals surface area contributed by atoms with Crippen LogP contribution in [0.5, 0.6) is 0 Å². The van der Waals surface area contributed by atoms with Gasteiger partial charge in [-0.3, -0.25) is 5.10 Å². The highest BCUT2D eigenvalue weighted by atomic mass is 35.5. The molecule has 0 bridgehead atoms. The van der Waals surface area contributed by atoms with Gasteiger partial charge in [0.05, 0.1) is 10.4 Å². The van der Waals surface area contributed by atoms with E-state index in [9.17, 15) is 0 Å². The van der Waals surface area contributed by atoms with Crippen molar-refractivity contribution in [1.29, 1.82) is 0 Å². The number of fused-ring (bicyclic) bond motifs is 1. The van der Waals surface area contributed by atoms with Gasteiger partial charge in [-0.05, 0) is 24.7 Å². The highest BCUT2D eigenvalue weighted by Gasteiger charge is 2.25. The van der Waals surface area contributed by atoms with Gasteiger partial charge in [0.25, 0.3) is 0 Å². The number of aromatic nitrogens is 3. The van der Waals surface area contributed by atoms with Gasteiger partial charge in [0.2, 0.25) is 0 Å². The summed E-state index contributed by atoms with van der Waals surface area (Å²) >= 11 is 13.1. The minimum atomic E-state index is 0.333. The van der Waals surface area contributed by atoms with Crippen molar-refractivity contribution in [3.05, 3.63) is 21.4 Å². The zero-order valence-corrected chi connectivity index (χ0v) is 13.4. The second kappa shape index (κ2) is 5.53. The predicted molar refractivity (Wildman–Crippen MR) is 83.8 cm³/mol. The molecule has 2 aromatic rings. The molecule has 1 aliphatic rings. The van der Waals surface area contributed by atoms with Crippen LogP contribution >= 0.6 is 23.2 Å². The van der Waals surface area contributed by atoms with Gasteiger partial charge in [-0.2, -0.15) is 5.10 Å². The fourth-order valence-electron chi connectivity index (χ4n) is 3.18. The van der Waals surface area contributed by atoms with Gasteiger partial charge >= 0.3 is 0 Å². The average Bonchev–Trinajstić information content (AvgIpc) is 2.84. The van der Waals surface area contributed by atoms with Gasteiger partial charge in [0.1, 0.15) is 5.15 Å². The Balaban J connectivity index is 2.18. The van der Waals surface area contributed by atoms with Gasteiger partial charge in [0, 0.05) is 11.3 Å². The molecule has 0 spiro atoms. The highest BCUT2D eigenvalue weighted by Crippen LogP contribution is 2.43. The topological polar surface area (TPSA) is 41.6 Å². The molecule has 3 nitrogen and oxygen atoms in total. The second-order valence-corrected chi connectivity index (χ2v) is 6.69. The quantitative estimate of drug-likeness (QED) is 0.751. The number of hydrogen-bond donors (Lipinski definition) is 1. The summed E-state index contributed by atoms with van der Waals surface area (Å²) in [4.78, 5) is 4.45. The Morgan fingerprint density at radius 3 is 2.50 bits per heavy atom. The van der Waals surface area contributed by atoms with E-state index in [-0.39, 0.29) is 0 Å². The lowest BCUT2D eigenvalue weighted by Gasteiger charge is -2.23. The summed E-state index contributed by atoms with van der Waals surface area (Å²) in [5.41, 5.74) is 2.71. The monoisotopic (exact) mass is 311 g/mol. The first-order valence-corrected chi connectivity index (χ1v) is 8.08. The van der Waals surface area contributed by atoms with Crippen molar-refractivity contribution in [1.82, 2.24) is 15.2 Å². The van der Waals surface area contributed by atoms with E-state index in [1.54, 1.807) is 0 Å². The SMILES string of the molecule is CC(C)c1[nH]nc2nc(Cl)c(C3CCCCC3)c(Cl)c12. The van der Waals surface area contributed by atoms with Crippen LogP contribution in [-0.2, 0) is 0 Å². The van der Waals surface area contributed by atoms with Gasteiger partial charge in [0.15, 0.2) is 5.65 Å². The third-order valence-corrected chi connectivity index (χ3v) is 4.93. The van der Waals surface area contributed by atoms with Crippen LogP contribution in [0.15, 0.2) is 0 Å². The lowest BCUT2D eigenvalue weighted by atomic mass is 9.84. The third-order valence-electron chi connectivity index (χ3n) is 4.25. The van der Waals surface area contributed by atoms with E-state index in [2.05, 4.69) is 29.0 Å². The van der Waals surface area contributed by atoms with Crippen LogP contribution in [0.4, 0.5) is 0 Å². The second-order valence-electron chi connectivity index (χ2n) is 5.96. The van der Waals surface area contributed by atoms with Crippen molar-refractivity contribution in [3.8, 4) is 0 Å². The zero-order chi connectivity index (χ0) is 14.3. The Labute approximate surface area is 129 Å². The Hall–Kier alpha value is -0.800. The summed E-state index contributed by atoms with van der Waals surface area (Å²) in [5, 5.41) is 9.53. The molecule has 0 amide bonds. The predicted octanol–water partition coefficient (Wildman–Crippen LogP) is 5.44. The van der Waals surface area contributed by atoms with E-state index in [0.717, 1.165) is 34.5 Å². The molecule has 1 saturated carbocycles. The van der Waals surface area contributed by atoms with E-state index in [1.165, 1.54) is 19.3 Å². The molecule has 0 unspecified atom stereocenters. The van der Waals surface area contributed by atoms with Crippen molar-refractivity contribution < 1.29 is 0 Å². The van der Waals surface area contributed by atoms with E-state index < -0.39 is 0 Å². The molecule has 0 aromatic carbocycles. The van der Waals surface area contributed by atoms with Crippen molar-refractivity contribution in [2.75, 3.05) is 0 Å². The first-order chi connectivity index (χ1) is 9.59. The summed E-state index contributed by atoms with van der Waals surface area (Å²) in [7, 11) is 0. The molecule has 0 aliphatic heterocycles. The normalized spacial score (nSPS) is 17.2. The number of pyridine rings is 1. The van der Waals surface area contributed by atoms with E-state index in [1.807, 2.05) is 0 Å². The summed E-state index contributed by atoms with van der Waals surface area (Å²) in [5.74, 6) is 0.773. The molecule has 2 heterocycles. The number of rotatable bonds is 2. The van der Waals surface area contributed by atoms with E-state index in [0.29, 0.717) is 22.6 Å². The first-order valence-electron chi connectivity index (χ1n) is 7.32. The highest BCUT2D eigenvalue weighted by molar-refractivity contribution is 6.39. The third kappa shape index (κ3) is 2.31. The standard InChI is InChI=1S/C15H19Cl2N3/c1-8(2)13-11-12(16)10(9-6-4-3-5-7-9)14(17)18-15(11)20-19-13/h8-9H,3-7H2,1-2H3,(H,18,19,20). The minimum Gasteiger partial charge on any atom is -0.279 e. The number of H-pyrrole nitrogens is 1. The molecular weight excluding hydrogens is 293 g/mol. The lowest BCUT2D eigenvalue weighted by molar-refractivity contribution is 0.443. The molecule has 2 aromatic heterocycles. The summed E-state index contributed by atoms with van der Waals surface area (Å²) in [6, 6.07) is 0. The van der Waals surface area contributed by atoms with Gasteiger partial charge < -0.3 is 0 Å². The molecule has 1 fully saturated rings. The lowest BCUT2D eigenvalue weighted by Crippen LogP contribution is -2.07. The van der Waals surface area contributed by atoms with Crippen LogP contribution in [0.1, 0.15) is 69.0 Å². The Morgan fingerprint density at radius 2 is 1.85 bits per heavy atom. The van der Waals surface area contributed by atoms with E-state index >= 15 is 0 Å². The fourth-order valence-corrected chi connectivity index (χ4v) is 3.99. The summed E-state index contributed by atoms with van der Waals surface area (Å²) in [6.07, 6.45) is 6.11. The Morgan fingerprint density at radius 1 is 1.15 bits per heavy atom. The van der Waals surface area contributed by atoms with Crippen molar-refractivity contribution >= 4 is 34.2 Å². The fraction of sp³-hybridized carbons (Fsp3) is 0.600. The average molecular weight is 312 g/mol. The maximum atomic E-state index is 6.69. The summed E-state index contributed by atoms with van der Waals surface area (Å²) < 4.78 is 0. The molecule has 5 heteroatoms. The number of nitrogens with one attached hydrogen (secondary N) is 1. The molecule has 1 N–H and O–H groups in total. The number of hydrogen-bond acceptors (Lipinski definition) is 2. The first kappa shape index (κ1) is 14.2.